The fourth-order valence-corrected chi connectivity index (χ4v) is 13.6. The lowest BCUT2D eigenvalue weighted by Crippen LogP contribution is -2.64. The lowest BCUT2D eigenvalue weighted by molar-refractivity contribution is -0.302. The van der Waals surface area contributed by atoms with Crippen LogP contribution in [0.3, 0.4) is 0 Å². The summed E-state index contributed by atoms with van der Waals surface area (Å²) >= 11 is 0. The van der Waals surface area contributed by atoms with Gasteiger partial charge in [-0.15, -0.1) is 0 Å². The molecule has 1 saturated carbocycles. The van der Waals surface area contributed by atoms with Crippen LogP contribution < -0.4 is 0 Å². The minimum atomic E-state index is -2.59. The number of rotatable bonds is 11. The van der Waals surface area contributed by atoms with E-state index in [4.69, 9.17) is 32.5 Å². The highest BCUT2D eigenvalue weighted by Crippen LogP contribution is 2.44. The Bertz CT molecular complexity index is 1870. The van der Waals surface area contributed by atoms with E-state index in [1.807, 2.05) is 26.8 Å². The average Bonchev–Trinajstić information content (AvgIpc) is 3.28. The number of Topliss-reactive ketones (excluding diaryl/α,β-unsaturated/α-hetero) is 2. The molecule has 0 aromatic heterocycles. The van der Waals surface area contributed by atoms with Crippen LogP contribution in [-0.4, -0.2) is 144 Å². The second-order valence-corrected chi connectivity index (χ2v) is 34.5. The topological polar surface area (TPSA) is 177 Å². The first-order valence-corrected chi connectivity index (χ1v) is 32.6. The summed E-state index contributed by atoms with van der Waals surface area (Å²) < 4.78 is 45.3. The molecule has 1 amide bonds. The summed E-state index contributed by atoms with van der Waals surface area (Å²) in [6.07, 6.45) is 5.46. The fourth-order valence-electron chi connectivity index (χ4n) is 10.8. The van der Waals surface area contributed by atoms with Crippen molar-refractivity contribution in [3.8, 4) is 0 Å². The number of carbonyl (C=O) groups excluding carboxylic acids is 4. The van der Waals surface area contributed by atoms with Crippen molar-refractivity contribution >= 4 is 40.1 Å². The first-order chi connectivity index (χ1) is 32.9. The number of cyclic esters (lactones) is 1. The van der Waals surface area contributed by atoms with Gasteiger partial charge in [0.25, 0.3) is 11.7 Å². The number of aliphatic hydroxyl groups excluding tert-OH is 1. The van der Waals surface area contributed by atoms with Crippen LogP contribution in [0.15, 0.2) is 23.3 Å². The zero-order chi connectivity index (χ0) is 53.6. The summed E-state index contributed by atoms with van der Waals surface area (Å²) in [7, 11) is 0.131. The van der Waals surface area contributed by atoms with Gasteiger partial charge in [-0.25, -0.2) is 4.79 Å². The number of fused-ring (bicyclic) bond motifs is 3. The van der Waals surface area contributed by atoms with Crippen LogP contribution in [0, 0.1) is 29.6 Å². The predicted molar refractivity (Wildman–Crippen MR) is 282 cm³/mol. The van der Waals surface area contributed by atoms with E-state index in [9.17, 15) is 24.6 Å². The Balaban J connectivity index is 1.89. The summed E-state index contributed by atoms with van der Waals surface area (Å²) in [6, 6.07) is -1.13. The molecule has 0 radical (unpaired) electrons. The number of hydrogen-bond donors (Lipinski definition) is 2. The van der Waals surface area contributed by atoms with Crippen LogP contribution in [0.1, 0.15) is 147 Å². The number of methoxy groups -OCH3 is 3. The second kappa shape index (κ2) is 25.1. The largest absolute Gasteiger partial charge is 0.456 e. The molecule has 2 saturated heterocycles. The van der Waals surface area contributed by atoms with Crippen molar-refractivity contribution in [2.45, 2.75) is 238 Å². The molecule has 0 aromatic carbocycles. The highest BCUT2D eigenvalue weighted by atomic mass is 28.4. The van der Waals surface area contributed by atoms with Gasteiger partial charge in [0.2, 0.25) is 5.79 Å². The summed E-state index contributed by atoms with van der Waals surface area (Å²) in [5, 5.41) is 22.5. The highest BCUT2D eigenvalue weighted by molar-refractivity contribution is 6.74. The third-order valence-electron chi connectivity index (χ3n) is 17.3. The van der Waals surface area contributed by atoms with Crippen LogP contribution in [0.5, 0.6) is 0 Å². The zero-order valence-electron chi connectivity index (χ0n) is 47.2. The molecule has 4 rings (SSSR count). The highest BCUT2D eigenvalue weighted by Gasteiger charge is 2.57. The first-order valence-electron chi connectivity index (χ1n) is 26.7. The molecule has 2 bridgehead atoms. The molecule has 14 atom stereocenters. The number of aliphatic hydroxyl groups is 2. The number of carbonyl (C=O) groups is 4. The van der Waals surface area contributed by atoms with Gasteiger partial charge in [-0.3, -0.25) is 14.4 Å². The molecule has 0 aromatic rings. The number of amides is 1. The molecule has 71 heavy (non-hydrogen) atoms. The number of allylic oxidation sites excluding steroid dienone is 3. The molecule has 1 aliphatic carbocycles. The van der Waals surface area contributed by atoms with Gasteiger partial charge in [0.05, 0.1) is 30.5 Å². The van der Waals surface area contributed by atoms with Crippen LogP contribution in [-0.2, 0) is 51.7 Å². The minimum absolute atomic E-state index is 0.0116. The smallest absolute Gasteiger partial charge is 0.329 e. The van der Waals surface area contributed by atoms with E-state index >= 15 is 4.79 Å². The first kappa shape index (κ1) is 61.4. The maximum Gasteiger partial charge on any atom is 0.329 e. The molecular weight excluding hydrogens is 939 g/mol. The van der Waals surface area contributed by atoms with Crippen LogP contribution in [0.2, 0.25) is 36.3 Å². The van der Waals surface area contributed by atoms with Gasteiger partial charge in [-0.2, -0.15) is 0 Å². The maximum absolute atomic E-state index is 15.0. The predicted octanol–water partition coefficient (Wildman–Crippen LogP) is 9.50. The Hall–Kier alpha value is -2.13. The molecule has 16 heteroatoms. The Morgan fingerprint density at radius 2 is 1.38 bits per heavy atom. The molecule has 4 aliphatic rings. The molecular formula is C55H97NO13Si2. The van der Waals surface area contributed by atoms with Crippen molar-refractivity contribution in [2.75, 3.05) is 34.5 Å². The lowest BCUT2D eigenvalue weighted by Gasteiger charge is -2.47. The molecule has 3 heterocycles. The standard InChI is InChI=1S/C55H97NO13Si2/c1-34-27-35(2)29-46(64-13)49-47(65-14)31-37(4)55(62,67-49)50(59)51(60)56-25-20-19-21-41(56)52(61)66-48(36(3)30-39-22-23-43(45(32-39)63-12)68-70(15,16)53(6,7)8)38(5)44(69-71(17,18)54(9,10)11)33-42(58)40(28-34)24-26-57/h28,30,35,37-41,43-49,57,62H,19-27,29,31-33H2,1-18H3/b34-28+,36-30+/t35-,37+,38+,39-,40+,41?,43+,44-,45+,46-,47-,48+,49+,55+/m0/s1. The van der Waals surface area contributed by atoms with E-state index in [0.29, 0.717) is 32.1 Å². The summed E-state index contributed by atoms with van der Waals surface area (Å²) in [5.74, 6) is -7.37. The third-order valence-corrected chi connectivity index (χ3v) is 26.4. The Kier molecular flexibility index (Phi) is 21.8. The van der Waals surface area contributed by atoms with Crippen LogP contribution >= 0.6 is 0 Å². The van der Waals surface area contributed by atoms with E-state index in [-0.39, 0.29) is 78.7 Å². The maximum atomic E-state index is 15.0. The van der Waals surface area contributed by atoms with Crippen molar-refractivity contribution in [2.24, 2.45) is 29.6 Å². The normalized spacial score (nSPS) is 36.3. The quantitative estimate of drug-likeness (QED) is 0.0867. The third kappa shape index (κ3) is 15.1. The van der Waals surface area contributed by atoms with E-state index in [1.54, 1.807) is 28.3 Å². The molecule has 0 spiro atoms. The van der Waals surface area contributed by atoms with E-state index in [2.05, 4.69) is 80.7 Å². The number of hydrogen-bond acceptors (Lipinski definition) is 13. The zero-order valence-corrected chi connectivity index (χ0v) is 49.2. The molecule has 2 N–H and O–H groups in total. The van der Waals surface area contributed by atoms with Crippen LogP contribution in [0.4, 0.5) is 0 Å². The minimum Gasteiger partial charge on any atom is -0.456 e. The van der Waals surface area contributed by atoms with Crippen molar-refractivity contribution in [1.29, 1.82) is 0 Å². The second-order valence-electron chi connectivity index (χ2n) is 25.0. The summed E-state index contributed by atoms with van der Waals surface area (Å²) in [4.78, 5) is 60.3. The number of ketones is 2. The molecule has 3 fully saturated rings. The van der Waals surface area contributed by atoms with Crippen molar-refractivity contribution in [3.63, 3.8) is 0 Å². The Morgan fingerprint density at radius 1 is 0.803 bits per heavy atom. The van der Waals surface area contributed by atoms with Gasteiger partial charge in [0.15, 0.2) is 16.6 Å². The summed E-state index contributed by atoms with van der Waals surface area (Å²) in [6.45, 7) is 31.5. The van der Waals surface area contributed by atoms with E-state index < -0.39 is 94.4 Å². The Labute approximate surface area is 430 Å². The van der Waals surface area contributed by atoms with Gasteiger partial charge in [0.1, 0.15) is 24.0 Å². The molecule has 1 unspecified atom stereocenters. The lowest BCUT2D eigenvalue weighted by atomic mass is 9.81. The molecule has 14 nitrogen and oxygen atoms in total. The number of piperidine rings is 1. The van der Waals surface area contributed by atoms with E-state index in [0.717, 1.165) is 24.0 Å². The van der Waals surface area contributed by atoms with Crippen molar-refractivity contribution < 1.29 is 61.9 Å². The van der Waals surface area contributed by atoms with Gasteiger partial charge in [-0.05, 0) is 132 Å². The van der Waals surface area contributed by atoms with Gasteiger partial charge < -0.3 is 47.6 Å². The monoisotopic (exact) mass is 1040 g/mol. The fraction of sp³-hybridized carbons (Fsp3) is 0.855. The number of esters is 1. The Morgan fingerprint density at radius 3 is 1.94 bits per heavy atom. The van der Waals surface area contributed by atoms with Crippen molar-refractivity contribution in [1.82, 2.24) is 4.90 Å². The van der Waals surface area contributed by atoms with E-state index in [1.165, 1.54) is 4.90 Å². The van der Waals surface area contributed by atoms with Gasteiger partial charge >= 0.3 is 5.97 Å². The molecule has 408 valence electrons. The van der Waals surface area contributed by atoms with Gasteiger partial charge in [0, 0.05) is 58.7 Å². The summed E-state index contributed by atoms with van der Waals surface area (Å²) in [5.41, 5.74) is 1.75. The van der Waals surface area contributed by atoms with Gasteiger partial charge in [-0.1, -0.05) is 80.0 Å². The number of nitrogens with zero attached hydrogens (tertiary/aromatic N) is 1. The number of ether oxygens (including phenoxy) is 5. The molecule has 3 aliphatic heterocycles. The average molecular weight is 1040 g/mol. The van der Waals surface area contributed by atoms with Crippen molar-refractivity contribution in [3.05, 3.63) is 23.3 Å². The SMILES string of the molecule is CO[C@H]1C[C@@H](C)C/C(C)=C/[C@@H](CCO)C(=O)C[C@H](O[Si](C)(C)C(C)(C)C)[C@@H](C)[C@@H](/C(C)=C/[C@@H]2CC[C@@H](O[Si](C)(C)C(C)(C)C)[C@H](OC)C2)OC(=O)C2CCCCN2C(=O)C(=O)[C@]2(O)O[C@H]1[C@@H](OC)C[C@H]2C. The van der Waals surface area contributed by atoms with Crippen LogP contribution in [0.25, 0.3) is 0 Å².